The molecule has 4 heterocycles. The van der Waals surface area contributed by atoms with Gasteiger partial charge in [0.2, 0.25) is 0 Å². The summed E-state index contributed by atoms with van der Waals surface area (Å²) in [4.78, 5) is 29.8. The summed E-state index contributed by atoms with van der Waals surface area (Å²) in [5.41, 5.74) is 1.13. The number of fused-ring (bicyclic) bond motifs is 4. The van der Waals surface area contributed by atoms with Gasteiger partial charge in [0.25, 0.3) is 21.7 Å². The minimum atomic E-state index is -3.52. The maximum absolute atomic E-state index is 13.1. The number of aryl methyl sites for hydroxylation is 2. The standard InChI is InChI=1S/C17H26N4O4S/c1-11-7-12(2)18-16(22)15(11)17(23)21-9-13-5-6-14(21)10-20(8-13)26(24,25)19(3)4/h7,13-14H,5-6,8-10H2,1-4H3,(H,18,22)/t13-,14+/m1/s1. The number of pyridine rings is 1. The van der Waals surface area contributed by atoms with E-state index in [1.54, 1.807) is 24.8 Å². The molecule has 0 aromatic carbocycles. The average Bonchev–Trinajstić information content (AvgIpc) is 2.85. The molecule has 3 fully saturated rings. The highest BCUT2D eigenvalue weighted by atomic mass is 32.2. The van der Waals surface area contributed by atoms with E-state index < -0.39 is 10.2 Å². The summed E-state index contributed by atoms with van der Waals surface area (Å²) >= 11 is 0. The largest absolute Gasteiger partial charge is 0.334 e. The van der Waals surface area contributed by atoms with E-state index in [0.29, 0.717) is 24.3 Å². The van der Waals surface area contributed by atoms with Crippen molar-refractivity contribution < 1.29 is 13.2 Å². The Morgan fingerprint density at radius 2 is 1.88 bits per heavy atom. The number of carbonyl (C=O) groups excluding carboxylic acids is 1. The van der Waals surface area contributed by atoms with E-state index in [-0.39, 0.29) is 35.5 Å². The van der Waals surface area contributed by atoms with E-state index >= 15 is 0 Å². The Bertz CT molecular complexity index is 877. The zero-order valence-electron chi connectivity index (χ0n) is 15.7. The van der Waals surface area contributed by atoms with Gasteiger partial charge in [-0.15, -0.1) is 0 Å². The number of H-pyrrole nitrogens is 1. The average molecular weight is 382 g/mol. The summed E-state index contributed by atoms with van der Waals surface area (Å²) in [5.74, 6) is -0.222. The Labute approximate surface area is 154 Å². The van der Waals surface area contributed by atoms with Crippen molar-refractivity contribution in [1.82, 2.24) is 18.5 Å². The predicted octanol–water partition coefficient (Wildman–Crippen LogP) is 0.335. The van der Waals surface area contributed by atoms with Gasteiger partial charge in [0.1, 0.15) is 5.56 Å². The predicted molar refractivity (Wildman–Crippen MR) is 98.3 cm³/mol. The lowest BCUT2D eigenvalue weighted by atomic mass is 9.94. The number of carbonyl (C=O) groups is 1. The molecule has 0 saturated carbocycles. The molecule has 144 valence electrons. The molecule has 0 spiro atoms. The Kier molecular flexibility index (Phi) is 4.98. The third kappa shape index (κ3) is 3.30. The van der Waals surface area contributed by atoms with Crippen molar-refractivity contribution in [2.75, 3.05) is 33.7 Å². The number of aromatic nitrogens is 1. The lowest BCUT2D eigenvalue weighted by molar-refractivity contribution is 0.0586. The van der Waals surface area contributed by atoms with E-state index in [1.807, 2.05) is 0 Å². The summed E-state index contributed by atoms with van der Waals surface area (Å²) in [6, 6.07) is 1.57. The normalized spacial score (nSPS) is 24.1. The molecule has 1 N–H and O–H groups in total. The fourth-order valence-electron chi connectivity index (χ4n) is 3.97. The second kappa shape index (κ2) is 6.79. The van der Waals surface area contributed by atoms with Crippen molar-refractivity contribution in [1.29, 1.82) is 0 Å². The molecule has 8 nitrogen and oxygen atoms in total. The molecule has 3 aliphatic heterocycles. The fourth-order valence-corrected chi connectivity index (χ4v) is 5.19. The van der Waals surface area contributed by atoms with Crippen molar-refractivity contribution in [2.24, 2.45) is 5.92 Å². The highest BCUT2D eigenvalue weighted by Gasteiger charge is 2.42. The highest BCUT2D eigenvalue weighted by molar-refractivity contribution is 7.86. The molecular weight excluding hydrogens is 356 g/mol. The van der Waals surface area contributed by atoms with Crippen LogP contribution in [-0.4, -0.2) is 72.6 Å². The number of hydrogen-bond donors (Lipinski definition) is 1. The number of nitrogens with one attached hydrogen (secondary N) is 1. The van der Waals surface area contributed by atoms with Gasteiger partial charge in [-0.3, -0.25) is 9.59 Å². The first-order valence-electron chi connectivity index (χ1n) is 8.80. The van der Waals surface area contributed by atoms with Gasteiger partial charge in [-0.2, -0.15) is 17.0 Å². The minimum Gasteiger partial charge on any atom is -0.334 e. The van der Waals surface area contributed by atoms with Crippen LogP contribution in [0.25, 0.3) is 0 Å². The van der Waals surface area contributed by atoms with Crippen LogP contribution in [0.4, 0.5) is 0 Å². The number of aromatic amines is 1. The summed E-state index contributed by atoms with van der Waals surface area (Å²) in [7, 11) is -0.496. The first-order valence-corrected chi connectivity index (χ1v) is 10.2. The van der Waals surface area contributed by atoms with Crippen LogP contribution in [0.5, 0.6) is 0 Å². The molecule has 0 unspecified atom stereocenters. The molecule has 0 aliphatic carbocycles. The highest BCUT2D eigenvalue weighted by Crippen LogP contribution is 2.30. The second-order valence-electron chi connectivity index (χ2n) is 7.50. The first kappa shape index (κ1) is 19.1. The van der Waals surface area contributed by atoms with Crippen LogP contribution >= 0.6 is 0 Å². The van der Waals surface area contributed by atoms with E-state index in [0.717, 1.165) is 12.8 Å². The molecule has 2 bridgehead atoms. The quantitative estimate of drug-likeness (QED) is 0.815. The molecule has 1 amide bonds. The van der Waals surface area contributed by atoms with Gasteiger partial charge in [-0.1, -0.05) is 0 Å². The molecule has 1 aromatic rings. The molecule has 0 radical (unpaired) electrons. The smallest absolute Gasteiger partial charge is 0.281 e. The molecule has 9 heteroatoms. The molecule has 2 atom stereocenters. The van der Waals surface area contributed by atoms with Crippen molar-refractivity contribution in [3.8, 4) is 0 Å². The summed E-state index contributed by atoms with van der Waals surface area (Å²) in [6.45, 7) is 4.69. The fraction of sp³-hybridized carbons (Fsp3) is 0.647. The number of nitrogens with zero attached hydrogens (tertiary/aromatic N) is 3. The van der Waals surface area contributed by atoms with Crippen molar-refractivity contribution in [3.63, 3.8) is 0 Å². The van der Waals surface area contributed by atoms with Crippen LogP contribution in [0.1, 0.15) is 34.5 Å². The van der Waals surface area contributed by atoms with Gasteiger partial charge in [0.15, 0.2) is 0 Å². The minimum absolute atomic E-state index is 0.0808. The Balaban J connectivity index is 1.92. The Morgan fingerprint density at radius 1 is 1.19 bits per heavy atom. The van der Waals surface area contributed by atoms with Gasteiger partial charge < -0.3 is 9.88 Å². The van der Waals surface area contributed by atoms with Gasteiger partial charge in [0.05, 0.1) is 0 Å². The lowest BCUT2D eigenvalue weighted by Gasteiger charge is -2.36. The zero-order chi connectivity index (χ0) is 19.2. The van der Waals surface area contributed by atoms with Crippen LogP contribution in [0, 0.1) is 19.8 Å². The number of hydrogen-bond acceptors (Lipinski definition) is 4. The van der Waals surface area contributed by atoms with Crippen LogP contribution in [0.3, 0.4) is 0 Å². The molecule has 3 saturated heterocycles. The van der Waals surface area contributed by atoms with Crippen LogP contribution in [0.15, 0.2) is 10.9 Å². The Morgan fingerprint density at radius 3 is 2.50 bits per heavy atom. The monoisotopic (exact) mass is 382 g/mol. The topological polar surface area (TPSA) is 93.8 Å². The molecule has 4 rings (SSSR count). The van der Waals surface area contributed by atoms with Crippen molar-refractivity contribution in [2.45, 2.75) is 32.7 Å². The maximum Gasteiger partial charge on any atom is 0.281 e. The second-order valence-corrected chi connectivity index (χ2v) is 9.64. The lowest BCUT2D eigenvalue weighted by Crippen LogP contribution is -2.49. The maximum atomic E-state index is 13.1. The van der Waals surface area contributed by atoms with Crippen LogP contribution in [-0.2, 0) is 10.2 Å². The SMILES string of the molecule is Cc1cc(C)c(C(=O)N2C[C@@H]3CC[C@H]2CN(S(=O)(=O)N(C)C)C3)c(=O)[nH]1. The van der Waals surface area contributed by atoms with E-state index in [9.17, 15) is 18.0 Å². The molecule has 3 aliphatic rings. The number of rotatable bonds is 3. The van der Waals surface area contributed by atoms with E-state index in [1.165, 1.54) is 22.7 Å². The third-order valence-corrected chi connectivity index (χ3v) is 7.18. The summed E-state index contributed by atoms with van der Waals surface area (Å²) < 4.78 is 27.8. The van der Waals surface area contributed by atoms with Gasteiger partial charge in [0, 0.05) is 45.5 Å². The van der Waals surface area contributed by atoms with Crippen molar-refractivity contribution >= 4 is 16.1 Å². The molecule has 26 heavy (non-hydrogen) atoms. The van der Waals surface area contributed by atoms with Crippen molar-refractivity contribution in [3.05, 3.63) is 33.2 Å². The number of piperidine rings is 1. The zero-order valence-corrected chi connectivity index (χ0v) is 16.5. The van der Waals surface area contributed by atoms with Crippen LogP contribution < -0.4 is 5.56 Å². The van der Waals surface area contributed by atoms with Gasteiger partial charge >= 0.3 is 0 Å². The molecule has 1 aromatic heterocycles. The third-order valence-electron chi connectivity index (χ3n) is 5.31. The van der Waals surface area contributed by atoms with Crippen LogP contribution in [0.2, 0.25) is 0 Å². The number of amides is 1. The van der Waals surface area contributed by atoms with Gasteiger partial charge in [-0.25, -0.2) is 0 Å². The van der Waals surface area contributed by atoms with E-state index in [2.05, 4.69) is 4.98 Å². The van der Waals surface area contributed by atoms with E-state index in [4.69, 9.17) is 0 Å². The molecular formula is C17H26N4O4S. The first-order chi connectivity index (χ1) is 12.1. The Hall–Kier alpha value is -1.71. The van der Waals surface area contributed by atoms with Gasteiger partial charge in [-0.05, 0) is 44.2 Å². The summed E-state index contributed by atoms with van der Waals surface area (Å²) in [6.07, 6.45) is 1.63. The summed E-state index contributed by atoms with van der Waals surface area (Å²) in [5, 5.41) is 0.